The van der Waals surface area contributed by atoms with Gasteiger partial charge in [0.25, 0.3) is 0 Å². The average molecular weight is 195 g/mol. The summed E-state index contributed by atoms with van der Waals surface area (Å²) in [4.78, 5) is 0. The van der Waals surface area contributed by atoms with Crippen LogP contribution in [0.3, 0.4) is 0 Å². The zero-order valence-corrected chi connectivity index (χ0v) is 8.17. The maximum Gasteiger partial charge on any atom is 0.205 e. The van der Waals surface area contributed by atoms with Gasteiger partial charge in [-0.15, -0.1) is 10.2 Å². The molecule has 0 atom stereocenters. The van der Waals surface area contributed by atoms with Crippen molar-refractivity contribution in [2.45, 2.75) is 0 Å². The Bertz CT molecular complexity index is 404. The molecule has 1 N–H and O–H groups in total. The van der Waals surface area contributed by atoms with E-state index in [0.717, 1.165) is 15.7 Å². The second-order valence-electron chi connectivity index (χ2n) is 2.57. The van der Waals surface area contributed by atoms with Crippen molar-refractivity contribution in [1.82, 2.24) is 20.0 Å². The smallest absolute Gasteiger partial charge is 0.205 e. The lowest BCUT2D eigenvalue weighted by Gasteiger charge is -1.85. The summed E-state index contributed by atoms with van der Waals surface area (Å²) in [7, 11) is 3.71. The van der Waals surface area contributed by atoms with E-state index in [0.29, 0.717) is 0 Å². The summed E-state index contributed by atoms with van der Waals surface area (Å²) in [5.41, 5.74) is 1.00. The number of hydrogen-bond acceptors (Lipinski definition) is 5. The highest BCUT2D eigenvalue weighted by Gasteiger charge is 2.06. The van der Waals surface area contributed by atoms with Crippen LogP contribution in [-0.2, 0) is 7.05 Å². The van der Waals surface area contributed by atoms with Crippen molar-refractivity contribution in [3.8, 4) is 10.6 Å². The second-order valence-corrected chi connectivity index (χ2v) is 3.54. The zero-order valence-electron chi connectivity index (χ0n) is 7.35. The van der Waals surface area contributed by atoms with E-state index in [9.17, 15) is 0 Å². The Morgan fingerprint density at radius 2 is 2.31 bits per heavy atom. The first-order valence-corrected chi connectivity index (χ1v) is 4.61. The fourth-order valence-electron chi connectivity index (χ4n) is 0.973. The second kappa shape index (κ2) is 3.14. The summed E-state index contributed by atoms with van der Waals surface area (Å²) in [6.07, 6.45) is 3.69. The maximum absolute atomic E-state index is 4.06. The average Bonchev–Trinajstić information content (AvgIpc) is 2.71. The predicted molar refractivity (Wildman–Crippen MR) is 51.7 cm³/mol. The first kappa shape index (κ1) is 8.18. The van der Waals surface area contributed by atoms with E-state index >= 15 is 0 Å². The van der Waals surface area contributed by atoms with Crippen LogP contribution in [0.25, 0.3) is 10.6 Å². The van der Waals surface area contributed by atoms with Crippen LogP contribution in [0, 0.1) is 0 Å². The molecule has 0 aliphatic heterocycles. The van der Waals surface area contributed by atoms with Crippen LogP contribution in [-0.4, -0.2) is 27.0 Å². The van der Waals surface area contributed by atoms with Crippen molar-refractivity contribution in [2.75, 3.05) is 12.4 Å². The molecule has 0 aromatic carbocycles. The fourth-order valence-corrected chi connectivity index (χ4v) is 1.64. The van der Waals surface area contributed by atoms with Gasteiger partial charge in [-0.1, -0.05) is 11.3 Å². The van der Waals surface area contributed by atoms with Crippen LogP contribution in [0.4, 0.5) is 5.13 Å². The van der Waals surface area contributed by atoms with Crippen LogP contribution in [0.2, 0.25) is 0 Å². The Balaban J connectivity index is 2.35. The van der Waals surface area contributed by atoms with E-state index in [1.54, 1.807) is 10.9 Å². The minimum atomic E-state index is 0.818. The van der Waals surface area contributed by atoms with Gasteiger partial charge < -0.3 is 5.32 Å². The SMILES string of the molecule is CNc1nnc(-c2cnn(C)c2)s1. The largest absolute Gasteiger partial charge is 0.363 e. The van der Waals surface area contributed by atoms with E-state index in [2.05, 4.69) is 20.6 Å². The van der Waals surface area contributed by atoms with Gasteiger partial charge in [-0.25, -0.2) is 0 Å². The molecule has 0 fully saturated rings. The van der Waals surface area contributed by atoms with Gasteiger partial charge in [-0.2, -0.15) is 5.10 Å². The highest BCUT2D eigenvalue weighted by molar-refractivity contribution is 7.18. The molecule has 5 nitrogen and oxygen atoms in total. The van der Waals surface area contributed by atoms with Crippen LogP contribution in [0.5, 0.6) is 0 Å². The molecule has 13 heavy (non-hydrogen) atoms. The number of hydrogen-bond donors (Lipinski definition) is 1. The lowest BCUT2D eigenvalue weighted by Crippen LogP contribution is -1.84. The monoisotopic (exact) mass is 195 g/mol. The number of anilines is 1. The van der Waals surface area contributed by atoms with Gasteiger partial charge in [0.2, 0.25) is 5.13 Å². The molecule has 0 bridgehead atoms. The molecule has 0 unspecified atom stereocenters. The fraction of sp³-hybridized carbons (Fsp3) is 0.286. The molecule has 2 heterocycles. The Kier molecular flexibility index (Phi) is 1.97. The van der Waals surface area contributed by atoms with Gasteiger partial charge >= 0.3 is 0 Å². The normalized spacial score (nSPS) is 10.3. The third kappa shape index (κ3) is 1.52. The molecule has 0 saturated heterocycles. The van der Waals surface area contributed by atoms with Crippen LogP contribution in [0.15, 0.2) is 12.4 Å². The molecule has 2 rings (SSSR count). The van der Waals surface area contributed by atoms with E-state index in [-0.39, 0.29) is 0 Å². The van der Waals surface area contributed by atoms with Gasteiger partial charge in [0.15, 0.2) is 5.01 Å². The van der Waals surface area contributed by atoms with Gasteiger partial charge in [0, 0.05) is 20.3 Å². The third-order valence-corrected chi connectivity index (χ3v) is 2.58. The lowest BCUT2D eigenvalue weighted by atomic mass is 10.4. The molecule has 68 valence electrons. The van der Waals surface area contributed by atoms with Crippen LogP contribution in [0.1, 0.15) is 0 Å². The number of rotatable bonds is 2. The van der Waals surface area contributed by atoms with Crippen molar-refractivity contribution < 1.29 is 0 Å². The van der Waals surface area contributed by atoms with Crippen molar-refractivity contribution in [2.24, 2.45) is 7.05 Å². The van der Waals surface area contributed by atoms with Gasteiger partial charge in [-0.3, -0.25) is 4.68 Å². The molecule has 2 aromatic heterocycles. The third-order valence-electron chi connectivity index (χ3n) is 1.59. The van der Waals surface area contributed by atoms with E-state index in [4.69, 9.17) is 0 Å². The van der Waals surface area contributed by atoms with E-state index in [1.807, 2.05) is 20.3 Å². The molecule has 0 saturated carbocycles. The Morgan fingerprint density at radius 3 is 2.85 bits per heavy atom. The Hall–Kier alpha value is -1.43. The van der Waals surface area contributed by atoms with Crippen molar-refractivity contribution in [1.29, 1.82) is 0 Å². The summed E-state index contributed by atoms with van der Waals surface area (Å²) in [5.74, 6) is 0. The minimum Gasteiger partial charge on any atom is -0.363 e. The Morgan fingerprint density at radius 1 is 1.46 bits per heavy atom. The highest BCUT2D eigenvalue weighted by Crippen LogP contribution is 2.24. The zero-order chi connectivity index (χ0) is 9.26. The first-order chi connectivity index (χ1) is 6.29. The van der Waals surface area contributed by atoms with Crippen molar-refractivity contribution in [3.05, 3.63) is 12.4 Å². The van der Waals surface area contributed by atoms with Crippen LogP contribution >= 0.6 is 11.3 Å². The summed E-state index contributed by atoms with van der Waals surface area (Å²) in [6, 6.07) is 0. The summed E-state index contributed by atoms with van der Waals surface area (Å²) in [6.45, 7) is 0. The van der Waals surface area contributed by atoms with Gasteiger partial charge in [-0.05, 0) is 0 Å². The lowest BCUT2D eigenvalue weighted by molar-refractivity contribution is 0.768. The molecule has 2 aromatic rings. The summed E-state index contributed by atoms with van der Waals surface area (Å²) < 4.78 is 1.75. The van der Waals surface area contributed by atoms with Crippen LogP contribution < -0.4 is 5.32 Å². The predicted octanol–water partition coefficient (Wildman–Crippen LogP) is 0.980. The quantitative estimate of drug-likeness (QED) is 0.776. The van der Waals surface area contributed by atoms with E-state index in [1.165, 1.54) is 11.3 Å². The minimum absolute atomic E-state index is 0.818. The topological polar surface area (TPSA) is 55.6 Å². The number of nitrogens with zero attached hydrogens (tertiary/aromatic N) is 4. The van der Waals surface area contributed by atoms with Gasteiger partial charge in [0.05, 0.1) is 11.8 Å². The number of nitrogens with one attached hydrogen (secondary N) is 1. The van der Waals surface area contributed by atoms with Crippen molar-refractivity contribution in [3.63, 3.8) is 0 Å². The van der Waals surface area contributed by atoms with E-state index < -0.39 is 0 Å². The van der Waals surface area contributed by atoms with Gasteiger partial charge in [0.1, 0.15) is 0 Å². The maximum atomic E-state index is 4.06. The molecular weight excluding hydrogens is 186 g/mol. The number of aromatic nitrogens is 4. The molecule has 0 aliphatic carbocycles. The molecule has 6 heteroatoms. The molecule has 0 aliphatic rings. The molecular formula is C7H9N5S. The molecule has 0 radical (unpaired) electrons. The molecule has 0 spiro atoms. The number of aryl methyl sites for hydroxylation is 1. The highest BCUT2D eigenvalue weighted by atomic mass is 32.1. The summed E-state index contributed by atoms with van der Waals surface area (Å²) in [5, 5.41) is 16.7. The standard InChI is InChI=1S/C7H9N5S/c1-8-7-11-10-6(13-7)5-3-9-12(2)4-5/h3-4H,1-2H3,(H,8,11). The summed E-state index contributed by atoms with van der Waals surface area (Å²) >= 11 is 1.51. The Labute approximate surface area is 79.4 Å². The van der Waals surface area contributed by atoms with Crippen molar-refractivity contribution >= 4 is 16.5 Å². The molecule has 0 amide bonds. The first-order valence-electron chi connectivity index (χ1n) is 3.80.